The van der Waals surface area contributed by atoms with Gasteiger partial charge < -0.3 is 4.74 Å². The lowest BCUT2D eigenvalue weighted by Crippen LogP contribution is -2.06. The highest BCUT2D eigenvalue weighted by Crippen LogP contribution is 2.28. The SMILES string of the molecule is CC(=O)c1cc(OC(F)F)c(C=O)cc1Br. The van der Waals surface area contributed by atoms with Crippen LogP contribution in [0.4, 0.5) is 8.78 Å². The monoisotopic (exact) mass is 292 g/mol. The van der Waals surface area contributed by atoms with Crippen molar-refractivity contribution in [3.63, 3.8) is 0 Å². The minimum Gasteiger partial charge on any atom is -0.434 e. The molecule has 0 aliphatic carbocycles. The summed E-state index contributed by atoms with van der Waals surface area (Å²) < 4.78 is 28.6. The summed E-state index contributed by atoms with van der Waals surface area (Å²) in [5.41, 5.74) is 0.137. The van der Waals surface area contributed by atoms with Crippen LogP contribution in [0.2, 0.25) is 0 Å². The number of hydrogen-bond acceptors (Lipinski definition) is 3. The normalized spacial score (nSPS) is 10.3. The van der Waals surface area contributed by atoms with E-state index in [1.54, 1.807) is 0 Å². The zero-order chi connectivity index (χ0) is 12.3. The third-order valence-electron chi connectivity index (χ3n) is 1.82. The number of alkyl halides is 2. The van der Waals surface area contributed by atoms with Gasteiger partial charge >= 0.3 is 6.61 Å². The molecule has 3 nitrogen and oxygen atoms in total. The van der Waals surface area contributed by atoms with Gasteiger partial charge in [-0.3, -0.25) is 9.59 Å². The first-order valence-electron chi connectivity index (χ1n) is 4.20. The summed E-state index contributed by atoms with van der Waals surface area (Å²) in [5, 5.41) is 0. The minimum absolute atomic E-state index is 0.0443. The quantitative estimate of drug-likeness (QED) is 0.633. The Morgan fingerprint density at radius 1 is 1.50 bits per heavy atom. The zero-order valence-corrected chi connectivity index (χ0v) is 9.75. The molecule has 0 radical (unpaired) electrons. The Kier molecular flexibility index (Phi) is 4.12. The van der Waals surface area contributed by atoms with Crippen LogP contribution in [-0.2, 0) is 0 Å². The second kappa shape index (κ2) is 5.16. The lowest BCUT2D eigenvalue weighted by Gasteiger charge is -2.09. The van der Waals surface area contributed by atoms with Crippen LogP contribution in [0, 0.1) is 0 Å². The Hall–Kier alpha value is -1.30. The molecule has 0 bridgehead atoms. The molecule has 0 aliphatic rings. The fourth-order valence-corrected chi connectivity index (χ4v) is 1.77. The molecule has 0 saturated heterocycles. The molecule has 0 aliphatic heterocycles. The van der Waals surface area contributed by atoms with E-state index in [4.69, 9.17) is 0 Å². The maximum Gasteiger partial charge on any atom is 0.387 e. The number of ether oxygens (including phenoxy) is 1. The van der Waals surface area contributed by atoms with Crippen LogP contribution < -0.4 is 4.74 Å². The number of rotatable bonds is 4. The zero-order valence-electron chi connectivity index (χ0n) is 8.17. The van der Waals surface area contributed by atoms with Gasteiger partial charge in [-0.1, -0.05) is 15.9 Å². The molecule has 0 N–H and O–H groups in total. The maximum atomic E-state index is 12.0. The molecule has 1 aromatic carbocycles. The fraction of sp³-hybridized carbons (Fsp3) is 0.200. The van der Waals surface area contributed by atoms with Crippen molar-refractivity contribution in [2.45, 2.75) is 13.5 Å². The molecule has 0 fully saturated rings. The molecule has 16 heavy (non-hydrogen) atoms. The van der Waals surface area contributed by atoms with Gasteiger partial charge in [0.05, 0.1) is 5.56 Å². The summed E-state index contributed by atoms with van der Waals surface area (Å²) in [5.74, 6) is -0.623. The molecule has 0 heterocycles. The van der Waals surface area contributed by atoms with Crippen LogP contribution in [-0.4, -0.2) is 18.7 Å². The molecule has 0 saturated carbocycles. The van der Waals surface area contributed by atoms with Crippen molar-refractivity contribution in [1.29, 1.82) is 0 Å². The molecular formula is C10H7BrF2O3. The highest BCUT2D eigenvalue weighted by molar-refractivity contribution is 9.10. The Bertz CT molecular complexity index is 432. The van der Waals surface area contributed by atoms with Gasteiger partial charge in [-0.25, -0.2) is 0 Å². The molecule has 0 aromatic heterocycles. The number of aldehydes is 1. The summed E-state index contributed by atoms with van der Waals surface area (Å²) >= 11 is 3.07. The molecular weight excluding hydrogens is 286 g/mol. The van der Waals surface area contributed by atoms with Gasteiger partial charge in [0.25, 0.3) is 0 Å². The first kappa shape index (κ1) is 12.8. The van der Waals surface area contributed by atoms with E-state index in [1.807, 2.05) is 0 Å². The standard InChI is InChI=1S/C10H7BrF2O3/c1-5(15)7-3-9(16-10(12)13)6(4-14)2-8(7)11/h2-4,10H,1H3. The second-order valence-electron chi connectivity index (χ2n) is 2.92. The summed E-state index contributed by atoms with van der Waals surface area (Å²) in [6.45, 7) is -1.76. The summed E-state index contributed by atoms with van der Waals surface area (Å²) in [6, 6.07) is 2.38. The topological polar surface area (TPSA) is 43.4 Å². The maximum absolute atomic E-state index is 12.0. The van der Waals surface area contributed by atoms with Gasteiger partial charge in [0, 0.05) is 10.0 Å². The van der Waals surface area contributed by atoms with Crippen molar-refractivity contribution in [1.82, 2.24) is 0 Å². The Morgan fingerprint density at radius 2 is 2.12 bits per heavy atom. The summed E-state index contributed by atoms with van der Waals surface area (Å²) in [7, 11) is 0. The van der Waals surface area contributed by atoms with E-state index in [0.717, 1.165) is 6.07 Å². The van der Waals surface area contributed by atoms with Crippen LogP contribution in [0.3, 0.4) is 0 Å². The molecule has 86 valence electrons. The molecule has 0 amide bonds. The van der Waals surface area contributed by atoms with E-state index < -0.39 is 6.61 Å². The van der Waals surface area contributed by atoms with Crippen LogP contribution in [0.25, 0.3) is 0 Å². The third kappa shape index (κ3) is 2.85. The third-order valence-corrected chi connectivity index (χ3v) is 2.48. The first-order valence-corrected chi connectivity index (χ1v) is 4.99. The molecule has 0 atom stereocenters. The number of carbonyl (C=O) groups is 2. The number of hydrogen-bond donors (Lipinski definition) is 0. The predicted octanol–water partition coefficient (Wildman–Crippen LogP) is 3.07. The number of carbonyl (C=O) groups excluding carboxylic acids is 2. The van der Waals surface area contributed by atoms with Crippen LogP contribution in [0.1, 0.15) is 27.6 Å². The highest BCUT2D eigenvalue weighted by Gasteiger charge is 2.15. The second-order valence-corrected chi connectivity index (χ2v) is 3.78. The lowest BCUT2D eigenvalue weighted by molar-refractivity contribution is -0.0501. The number of Topliss-reactive ketones (excluding diaryl/α,β-unsaturated/α-hetero) is 1. The van der Waals surface area contributed by atoms with Gasteiger partial charge in [0.15, 0.2) is 12.1 Å². The van der Waals surface area contributed by atoms with Crippen molar-refractivity contribution in [3.8, 4) is 5.75 Å². The molecule has 0 unspecified atom stereocenters. The molecule has 0 spiro atoms. The average Bonchev–Trinajstić information content (AvgIpc) is 2.18. The van der Waals surface area contributed by atoms with Crippen molar-refractivity contribution < 1.29 is 23.1 Å². The average molecular weight is 293 g/mol. The fourth-order valence-electron chi connectivity index (χ4n) is 1.13. The number of benzene rings is 1. The van der Waals surface area contributed by atoms with Gasteiger partial charge in [-0.05, 0) is 19.1 Å². The highest BCUT2D eigenvalue weighted by atomic mass is 79.9. The van der Waals surface area contributed by atoms with E-state index in [-0.39, 0.29) is 22.7 Å². The smallest absolute Gasteiger partial charge is 0.387 e. The van der Waals surface area contributed by atoms with E-state index in [1.165, 1.54) is 13.0 Å². The van der Waals surface area contributed by atoms with Crippen molar-refractivity contribution in [2.75, 3.05) is 0 Å². The molecule has 1 rings (SSSR count). The summed E-state index contributed by atoms with van der Waals surface area (Å²) in [6.07, 6.45) is 0.381. The van der Waals surface area contributed by atoms with Gasteiger partial charge in [0.2, 0.25) is 0 Å². The van der Waals surface area contributed by atoms with E-state index >= 15 is 0 Å². The summed E-state index contributed by atoms with van der Waals surface area (Å²) in [4.78, 5) is 21.8. The number of halogens is 3. The lowest BCUT2D eigenvalue weighted by atomic mass is 10.1. The van der Waals surface area contributed by atoms with Crippen molar-refractivity contribution >= 4 is 28.0 Å². The van der Waals surface area contributed by atoms with E-state index in [9.17, 15) is 18.4 Å². The van der Waals surface area contributed by atoms with Gasteiger partial charge in [-0.15, -0.1) is 0 Å². The first-order chi connectivity index (χ1) is 7.45. The van der Waals surface area contributed by atoms with Crippen LogP contribution >= 0.6 is 15.9 Å². The van der Waals surface area contributed by atoms with Gasteiger partial charge in [0.1, 0.15) is 5.75 Å². The van der Waals surface area contributed by atoms with Crippen LogP contribution in [0.15, 0.2) is 16.6 Å². The molecule has 6 heteroatoms. The Labute approximate surface area is 98.5 Å². The predicted molar refractivity (Wildman–Crippen MR) is 56.2 cm³/mol. The van der Waals surface area contributed by atoms with Crippen molar-refractivity contribution in [3.05, 3.63) is 27.7 Å². The van der Waals surface area contributed by atoms with Crippen molar-refractivity contribution in [2.24, 2.45) is 0 Å². The van der Waals surface area contributed by atoms with Gasteiger partial charge in [-0.2, -0.15) is 8.78 Å². The van der Waals surface area contributed by atoms with Crippen LogP contribution in [0.5, 0.6) is 5.75 Å². The number of ketones is 1. The Balaban J connectivity index is 3.28. The minimum atomic E-state index is -3.04. The van der Waals surface area contributed by atoms with E-state index in [2.05, 4.69) is 20.7 Å². The largest absolute Gasteiger partial charge is 0.434 e. The molecule has 1 aromatic rings. The van der Waals surface area contributed by atoms with E-state index in [0.29, 0.717) is 10.8 Å². The Morgan fingerprint density at radius 3 is 2.56 bits per heavy atom.